The van der Waals surface area contributed by atoms with E-state index in [0.717, 1.165) is 16.0 Å². The van der Waals surface area contributed by atoms with E-state index in [1.54, 1.807) is 30.5 Å². The first kappa shape index (κ1) is 19.1. The summed E-state index contributed by atoms with van der Waals surface area (Å²) in [6.45, 7) is 0. The third kappa shape index (κ3) is 4.92. The Balaban J connectivity index is 1.58. The Bertz CT molecular complexity index is 1010. The standard InChI is InChI=1S/C19H14N4O4S/c24-18(21-22-19(25)14-4-3-5-15(12-14)23(26)27)13-7-9-16(10-8-13)28-17-6-1-2-11-20-17/h1-12H,(H,21,24)(H,22,25). The van der Waals surface area contributed by atoms with Crippen LogP contribution in [0.4, 0.5) is 5.69 Å². The van der Waals surface area contributed by atoms with Gasteiger partial charge in [0.1, 0.15) is 5.03 Å². The molecule has 0 saturated heterocycles. The molecule has 2 amide bonds. The van der Waals surface area contributed by atoms with Gasteiger partial charge in [-0.2, -0.15) is 0 Å². The normalized spacial score (nSPS) is 10.1. The van der Waals surface area contributed by atoms with Crippen LogP contribution in [0.2, 0.25) is 0 Å². The molecule has 8 nitrogen and oxygen atoms in total. The summed E-state index contributed by atoms with van der Waals surface area (Å²) >= 11 is 1.46. The van der Waals surface area contributed by atoms with Crippen LogP contribution in [0.1, 0.15) is 20.7 Å². The molecule has 0 aliphatic rings. The molecule has 3 rings (SSSR count). The van der Waals surface area contributed by atoms with Crippen LogP contribution in [0.5, 0.6) is 0 Å². The fraction of sp³-hybridized carbons (Fsp3) is 0. The van der Waals surface area contributed by atoms with Gasteiger partial charge < -0.3 is 0 Å². The fourth-order valence-electron chi connectivity index (χ4n) is 2.22. The van der Waals surface area contributed by atoms with Crippen molar-refractivity contribution in [3.05, 3.63) is 94.2 Å². The molecule has 3 aromatic rings. The topological polar surface area (TPSA) is 114 Å². The van der Waals surface area contributed by atoms with Crippen molar-refractivity contribution >= 4 is 29.3 Å². The van der Waals surface area contributed by atoms with Crippen LogP contribution in [-0.4, -0.2) is 21.7 Å². The van der Waals surface area contributed by atoms with Gasteiger partial charge in [-0.3, -0.25) is 30.6 Å². The molecule has 0 saturated carbocycles. The SMILES string of the molecule is O=C(NNC(=O)c1cccc([N+](=O)[O-])c1)c1ccc(Sc2ccccn2)cc1. The van der Waals surface area contributed by atoms with Crippen LogP contribution < -0.4 is 10.9 Å². The molecule has 0 radical (unpaired) electrons. The second kappa shape index (κ2) is 8.78. The smallest absolute Gasteiger partial charge is 0.267 e. The monoisotopic (exact) mass is 394 g/mol. The predicted molar refractivity (Wildman–Crippen MR) is 103 cm³/mol. The van der Waals surface area contributed by atoms with Gasteiger partial charge in [0.15, 0.2) is 0 Å². The van der Waals surface area contributed by atoms with Crippen LogP contribution in [-0.2, 0) is 0 Å². The zero-order chi connectivity index (χ0) is 19.9. The summed E-state index contributed by atoms with van der Waals surface area (Å²) in [5, 5.41) is 11.6. The molecule has 1 heterocycles. The number of carbonyl (C=O) groups excluding carboxylic acids is 2. The number of nitrogens with one attached hydrogen (secondary N) is 2. The average Bonchev–Trinajstić information content (AvgIpc) is 2.73. The number of hydrazine groups is 1. The largest absolute Gasteiger partial charge is 0.270 e. The Morgan fingerprint density at radius 2 is 1.61 bits per heavy atom. The maximum absolute atomic E-state index is 12.2. The molecule has 0 spiro atoms. The highest BCUT2D eigenvalue weighted by Gasteiger charge is 2.13. The third-order valence-electron chi connectivity index (χ3n) is 3.59. The number of nitrogens with zero attached hydrogens (tertiary/aromatic N) is 2. The van der Waals surface area contributed by atoms with Gasteiger partial charge >= 0.3 is 0 Å². The first-order valence-corrected chi connectivity index (χ1v) is 8.88. The quantitative estimate of drug-likeness (QED) is 0.507. The highest BCUT2D eigenvalue weighted by Crippen LogP contribution is 2.25. The van der Waals surface area contributed by atoms with Crippen molar-refractivity contribution in [1.29, 1.82) is 0 Å². The van der Waals surface area contributed by atoms with E-state index >= 15 is 0 Å². The van der Waals surface area contributed by atoms with Crippen molar-refractivity contribution < 1.29 is 14.5 Å². The zero-order valence-corrected chi connectivity index (χ0v) is 15.2. The van der Waals surface area contributed by atoms with Crippen molar-refractivity contribution in [1.82, 2.24) is 15.8 Å². The lowest BCUT2D eigenvalue weighted by Gasteiger charge is -2.08. The second-order valence-corrected chi connectivity index (χ2v) is 6.60. The number of hydrogen-bond donors (Lipinski definition) is 2. The van der Waals surface area contributed by atoms with E-state index < -0.39 is 16.7 Å². The summed E-state index contributed by atoms with van der Waals surface area (Å²) < 4.78 is 0. The Hall–Kier alpha value is -3.72. The van der Waals surface area contributed by atoms with Crippen molar-refractivity contribution in [2.24, 2.45) is 0 Å². The molecule has 2 N–H and O–H groups in total. The molecule has 28 heavy (non-hydrogen) atoms. The maximum atomic E-state index is 12.2. The number of benzene rings is 2. The van der Waals surface area contributed by atoms with E-state index in [9.17, 15) is 19.7 Å². The summed E-state index contributed by atoms with van der Waals surface area (Å²) in [6.07, 6.45) is 1.70. The van der Waals surface area contributed by atoms with Crippen LogP contribution in [0.3, 0.4) is 0 Å². The van der Waals surface area contributed by atoms with Gasteiger partial charge in [0.2, 0.25) is 0 Å². The van der Waals surface area contributed by atoms with Gasteiger partial charge in [-0.1, -0.05) is 23.9 Å². The van der Waals surface area contributed by atoms with E-state index in [1.807, 2.05) is 18.2 Å². The molecule has 140 valence electrons. The van der Waals surface area contributed by atoms with Gasteiger partial charge in [0.05, 0.1) is 4.92 Å². The van der Waals surface area contributed by atoms with Crippen molar-refractivity contribution in [3.63, 3.8) is 0 Å². The maximum Gasteiger partial charge on any atom is 0.270 e. The van der Waals surface area contributed by atoms with E-state index in [2.05, 4.69) is 15.8 Å². The van der Waals surface area contributed by atoms with Crippen LogP contribution in [0.15, 0.2) is 82.8 Å². The molecule has 0 aliphatic heterocycles. The van der Waals surface area contributed by atoms with Gasteiger partial charge in [-0.25, -0.2) is 4.98 Å². The number of nitro groups is 1. The molecule has 1 aromatic heterocycles. The first-order valence-electron chi connectivity index (χ1n) is 8.07. The fourth-order valence-corrected chi connectivity index (χ4v) is 2.99. The Kier molecular flexibility index (Phi) is 5.97. The van der Waals surface area contributed by atoms with Crippen LogP contribution in [0.25, 0.3) is 0 Å². The molecular formula is C19H14N4O4S. The average molecular weight is 394 g/mol. The van der Waals surface area contributed by atoms with E-state index in [-0.39, 0.29) is 11.3 Å². The minimum atomic E-state index is -0.653. The number of amides is 2. The minimum Gasteiger partial charge on any atom is -0.267 e. The Morgan fingerprint density at radius 1 is 0.893 bits per heavy atom. The summed E-state index contributed by atoms with van der Waals surface area (Å²) in [6, 6.07) is 17.6. The van der Waals surface area contributed by atoms with Crippen LogP contribution in [0, 0.1) is 10.1 Å². The molecule has 0 atom stereocenters. The van der Waals surface area contributed by atoms with Crippen molar-refractivity contribution in [2.45, 2.75) is 9.92 Å². The second-order valence-electron chi connectivity index (χ2n) is 5.51. The molecule has 0 aliphatic carbocycles. The lowest BCUT2D eigenvalue weighted by Crippen LogP contribution is -2.41. The zero-order valence-electron chi connectivity index (χ0n) is 14.4. The molecule has 0 unspecified atom stereocenters. The minimum absolute atomic E-state index is 0.0663. The Morgan fingerprint density at radius 3 is 2.25 bits per heavy atom. The van der Waals surface area contributed by atoms with Gasteiger partial charge in [-0.15, -0.1) is 0 Å². The predicted octanol–water partition coefficient (Wildman–Crippen LogP) is 3.22. The lowest BCUT2D eigenvalue weighted by atomic mass is 10.2. The Labute approximate surface area is 164 Å². The number of pyridine rings is 1. The molecular weight excluding hydrogens is 380 g/mol. The molecule has 2 aromatic carbocycles. The molecule has 0 bridgehead atoms. The first-order chi connectivity index (χ1) is 13.5. The van der Waals surface area contributed by atoms with Crippen molar-refractivity contribution in [2.75, 3.05) is 0 Å². The van der Waals surface area contributed by atoms with Gasteiger partial charge in [0.25, 0.3) is 17.5 Å². The number of hydrogen-bond acceptors (Lipinski definition) is 6. The summed E-state index contributed by atoms with van der Waals surface area (Å²) in [5.74, 6) is -1.16. The van der Waals surface area contributed by atoms with E-state index in [4.69, 9.17) is 0 Å². The number of aromatic nitrogens is 1. The van der Waals surface area contributed by atoms with Crippen molar-refractivity contribution in [3.8, 4) is 0 Å². The highest BCUT2D eigenvalue weighted by atomic mass is 32.2. The number of nitro benzene ring substituents is 1. The molecule has 9 heteroatoms. The number of carbonyl (C=O) groups is 2. The summed E-state index contributed by atoms with van der Waals surface area (Å²) in [7, 11) is 0. The number of rotatable bonds is 5. The van der Waals surface area contributed by atoms with Crippen LogP contribution >= 0.6 is 11.8 Å². The molecule has 0 fully saturated rings. The highest BCUT2D eigenvalue weighted by molar-refractivity contribution is 7.99. The van der Waals surface area contributed by atoms with E-state index in [0.29, 0.717) is 5.56 Å². The summed E-state index contributed by atoms with van der Waals surface area (Å²) in [4.78, 5) is 39.5. The van der Waals surface area contributed by atoms with E-state index in [1.165, 1.54) is 30.0 Å². The lowest BCUT2D eigenvalue weighted by molar-refractivity contribution is -0.384. The van der Waals surface area contributed by atoms with Gasteiger partial charge in [-0.05, 0) is 42.5 Å². The number of non-ortho nitro benzene ring substituents is 1. The van der Waals surface area contributed by atoms with Gasteiger partial charge in [0, 0.05) is 34.4 Å². The third-order valence-corrected chi connectivity index (χ3v) is 4.54. The summed E-state index contributed by atoms with van der Waals surface area (Å²) in [5.41, 5.74) is 4.74.